The minimum absolute atomic E-state index is 0.0386. The zero-order valence-corrected chi connectivity index (χ0v) is 17.4. The molecule has 1 aliphatic rings. The number of hydrogen-bond donors (Lipinski definition) is 1. The average molecular weight is 405 g/mol. The Hall–Kier alpha value is -3.28. The fraction of sp³-hybridized carbons (Fsp3) is 0.333. The summed E-state index contributed by atoms with van der Waals surface area (Å²) in [6.07, 6.45) is 3.55. The second-order valence-corrected chi connectivity index (χ2v) is 7.63. The van der Waals surface area contributed by atoms with Crippen molar-refractivity contribution in [2.75, 3.05) is 25.1 Å². The molecule has 1 fully saturated rings. The lowest BCUT2D eigenvalue weighted by molar-refractivity contribution is -0.125. The normalized spacial score (nSPS) is 14.6. The number of imidazole rings is 1. The van der Waals surface area contributed by atoms with Gasteiger partial charge in [0.1, 0.15) is 5.75 Å². The maximum atomic E-state index is 12.7. The van der Waals surface area contributed by atoms with Gasteiger partial charge in [0.2, 0.25) is 11.9 Å². The second kappa shape index (κ2) is 9.03. The van der Waals surface area contributed by atoms with Crippen LogP contribution in [0, 0.1) is 5.92 Å². The predicted molar refractivity (Wildman–Crippen MR) is 120 cm³/mol. The van der Waals surface area contributed by atoms with Gasteiger partial charge in [-0.25, -0.2) is 4.98 Å². The number of anilines is 1. The van der Waals surface area contributed by atoms with E-state index in [9.17, 15) is 4.79 Å². The number of benzene rings is 2. The molecule has 6 heteroatoms. The van der Waals surface area contributed by atoms with Gasteiger partial charge in [-0.3, -0.25) is 4.79 Å². The molecule has 0 saturated carbocycles. The predicted octanol–water partition coefficient (Wildman–Crippen LogP) is 3.76. The lowest BCUT2D eigenvalue weighted by Gasteiger charge is -2.32. The van der Waals surface area contributed by atoms with Gasteiger partial charge in [0.25, 0.3) is 0 Å². The molecule has 156 valence electrons. The van der Waals surface area contributed by atoms with Crippen molar-refractivity contribution in [3.63, 3.8) is 0 Å². The number of nitrogens with one attached hydrogen (secondary N) is 1. The molecule has 4 rings (SSSR count). The zero-order valence-electron chi connectivity index (χ0n) is 17.4. The summed E-state index contributed by atoms with van der Waals surface area (Å²) in [5.41, 5.74) is 3.18. The Morgan fingerprint density at radius 1 is 1.20 bits per heavy atom. The quantitative estimate of drug-likeness (QED) is 0.609. The Balaban J connectivity index is 1.36. The van der Waals surface area contributed by atoms with E-state index < -0.39 is 0 Å². The van der Waals surface area contributed by atoms with E-state index >= 15 is 0 Å². The molecule has 0 aliphatic carbocycles. The van der Waals surface area contributed by atoms with Crippen LogP contribution in [-0.4, -0.2) is 35.7 Å². The topological polar surface area (TPSA) is 59.4 Å². The van der Waals surface area contributed by atoms with Crippen LogP contribution in [0.2, 0.25) is 0 Å². The van der Waals surface area contributed by atoms with Crippen LogP contribution in [0.15, 0.2) is 61.2 Å². The molecule has 1 amide bonds. The number of amides is 1. The first kappa shape index (κ1) is 20.0. The highest BCUT2D eigenvalue weighted by atomic mass is 16.5. The molecule has 1 saturated heterocycles. The summed E-state index contributed by atoms with van der Waals surface area (Å²) in [5, 5.41) is 3.08. The maximum absolute atomic E-state index is 12.7. The van der Waals surface area contributed by atoms with Gasteiger partial charge in [0, 0.05) is 32.1 Å². The monoisotopic (exact) mass is 404 g/mol. The van der Waals surface area contributed by atoms with Gasteiger partial charge >= 0.3 is 0 Å². The van der Waals surface area contributed by atoms with E-state index in [0.717, 1.165) is 60.8 Å². The van der Waals surface area contributed by atoms with Crippen LogP contribution in [0.5, 0.6) is 5.75 Å². The fourth-order valence-corrected chi connectivity index (χ4v) is 4.03. The maximum Gasteiger partial charge on any atom is 0.223 e. The van der Waals surface area contributed by atoms with E-state index in [-0.39, 0.29) is 11.8 Å². The van der Waals surface area contributed by atoms with Crippen LogP contribution < -0.4 is 15.0 Å². The first-order valence-electron chi connectivity index (χ1n) is 10.4. The van der Waals surface area contributed by atoms with Gasteiger partial charge in [-0.05, 0) is 42.7 Å². The van der Waals surface area contributed by atoms with Crippen molar-refractivity contribution < 1.29 is 9.53 Å². The number of nitrogens with zero attached hydrogens (tertiary/aromatic N) is 3. The van der Waals surface area contributed by atoms with Gasteiger partial charge in [0.15, 0.2) is 0 Å². The van der Waals surface area contributed by atoms with Crippen molar-refractivity contribution in [1.82, 2.24) is 14.9 Å². The summed E-state index contributed by atoms with van der Waals surface area (Å²) in [6, 6.07) is 16.0. The number of piperidine rings is 1. The lowest BCUT2D eigenvalue weighted by Crippen LogP contribution is -2.41. The third kappa shape index (κ3) is 4.17. The summed E-state index contributed by atoms with van der Waals surface area (Å²) in [6.45, 7) is 6.79. The van der Waals surface area contributed by atoms with E-state index in [1.54, 1.807) is 7.11 Å². The van der Waals surface area contributed by atoms with Crippen LogP contribution >= 0.6 is 0 Å². The molecule has 0 radical (unpaired) electrons. The smallest absolute Gasteiger partial charge is 0.223 e. The van der Waals surface area contributed by atoms with Gasteiger partial charge in [-0.1, -0.05) is 30.3 Å². The van der Waals surface area contributed by atoms with Crippen LogP contribution in [0.25, 0.3) is 11.0 Å². The molecular formula is C24H28N4O2. The standard InChI is InChI=1S/C24H28N4O2/c1-3-14-28-22-7-5-4-6-21(22)26-24(28)27-15-12-19(13-16-27)23(29)25-17-18-8-10-20(30-2)11-9-18/h3-11,19H,1,12-17H2,2H3,(H,25,29). The highest BCUT2D eigenvalue weighted by molar-refractivity contribution is 5.80. The van der Waals surface area contributed by atoms with Crippen molar-refractivity contribution in [1.29, 1.82) is 0 Å². The molecular weight excluding hydrogens is 376 g/mol. The van der Waals surface area contributed by atoms with Crippen molar-refractivity contribution in [2.24, 2.45) is 5.92 Å². The Morgan fingerprint density at radius 2 is 1.93 bits per heavy atom. The first-order valence-corrected chi connectivity index (χ1v) is 10.4. The van der Waals surface area contributed by atoms with E-state index in [1.165, 1.54) is 0 Å². The molecule has 2 heterocycles. The van der Waals surface area contributed by atoms with Crippen molar-refractivity contribution in [3.8, 4) is 5.75 Å². The van der Waals surface area contributed by atoms with E-state index in [2.05, 4.69) is 27.4 Å². The molecule has 1 aromatic heterocycles. The number of carbonyl (C=O) groups excluding carboxylic acids is 1. The molecule has 2 aromatic carbocycles. The van der Waals surface area contributed by atoms with E-state index in [1.807, 2.05) is 48.5 Å². The number of aromatic nitrogens is 2. The molecule has 6 nitrogen and oxygen atoms in total. The number of carbonyl (C=O) groups is 1. The minimum atomic E-state index is 0.0386. The number of rotatable bonds is 7. The molecule has 0 unspecified atom stereocenters. The summed E-state index contributed by atoms with van der Waals surface area (Å²) in [4.78, 5) is 19.8. The molecule has 1 N–H and O–H groups in total. The van der Waals surface area contributed by atoms with Gasteiger partial charge in [-0.2, -0.15) is 0 Å². The summed E-state index contributed by atoms with van der Waals surface area (Å²) < 4.78 is 7.38. The second-order valence-electron chi connectivity index (χ2n) is 7.63. The van der Waals surface area contributed by atoms with E-state index in [0.29, 0.717) is 6.54 Å². The summed E-state index contributed by atoms with van der Waals surface area (Å²) in [5.74, 6) is 1.95. The van der Waals surface area contributed by atoms with Gasteiger partial charge in [0.05, 0.1) is 18.1 Å². The molecule has 0 atom stereocenters. The Labute approximate surface area is 177 Å². The minimum Gasteiger partial charge on any atom is -0.497 e. The highest BCUT2D eigenvalue weighted by Gasteiger charge is 2.27. The number of methoxy groups -OCH3 is 1. The van der Waals surface area contributed by atoms with Crippen LogP contribution in [-0.2, 0) is 17.9 Å². The summed E-state index contributed by atoms with van der Waals surface area (Å²) in [7, 11) is 1.65. The number of ether oxygens (including phenoxy) is 1. The summed E-state index contributed by atoms with van der Waals surface area (Å²) >= 11 is 0. The van der Waals surface area contributed by atoms with Crippen molar-refractivity contribution >= 4 is 22.9 Å². The van der Waals surface area contributed by atoms with E-state index in [4.69, 9.17) is 9.72 Å². The van der Waals surface area contributed by atoms with Crippen LogP contribution in [0.3, 0.4) is 0 Å². The van der Waals surface area contributed by atoms with Crippen molar-refractivity contribution in [3.05, 3.63) is 66.7 Å². The van der Waals surface area contributed by atoms with Gasteiger partial charge in [-0.15, -0.1) is 6.58 Å². The Bertz CT molecular complexity index is 1020. The average Bonchev–Trinajstić information content (AvgIpc) is 3.17. The first-order chi connectivity index (χ1) is 14.7. The SMILES string of the molecule is C=CCn1c(N2CCC(C(=O)NCc3ccc(OC)cc3)CC2)nc2ccccc21. The van der Waals surface area contributed by atoms with Crippen LogP contribution in [0.4, 0.5) is 5.95 Å². The lowest BCUT2D eigenvalue weighted by atomic mass is 9.96. The number of hydrogen-bond acceptors (Lipinski definition) is 4. The van der Waals surface area contributed by atoms with Gasteiger partial charge < -0.3 is 19.5 Å². The molecule has 3 aromatic rings. The molecule has 0 bridgehead atoms. The third-order valence-corrected chi connectivity index (χ3v) is 5.72. The number of fused-ring (bicyclic) bond motifs is 1. The zero-order chi connectivity index (χ0) is 20.9. The Morgan fingerprint density at radius 3 is 2.63 bits per heavy atom. The molecule has 30 heavy (non-hydrogen) atoms. The third-order valence-electron chi connectivity index (χ3n) is 5.72. The molecule has 0 spiro atoms. The highest BCUT2D eigenvalue weighted by Crippen LogP contribution is 2.27. The van der Waals surface area contributed by atoms with Crippen molar-refractivity contribution in [2.45, 2.75) is 25.9 Å². The largest absolute Gasteiger partial charge is 0.497 e. The molecule has 1 aliphatic heterocycles. The number of para-hydroxylation sites is 2. The fourth-order valence-electron chi connectivity index (χ4n) is 4.03. The Kier molecular flexibility index (Phi) is 6.02. The number of allylic oxidation sites excluding steroid dienone is 1. The van der Waals surface area contributed by atoms with Crippen LogP contribution in [0.1, 0.15) is 18.4 Å².